The Morgan fingerprint density at radius 2 is 1.92 bits per heavy atom. The fourth-order valence-electron chi connectivity index (χ4n) is 5.42. The van der Waals surface area contributed by atoms with Crippen molar-refractivity contribution >= 4 is 56.5 Å². The van der Waals surface area contributed by atoms with Crippen LogP contribution in [0.4, 0.5) is 11.5 Å². The van der Waals surface area contributed by atoms with Crippen LogP contribution in [-0.4, -0.2) is 44.3 Å². The molecule has 2 fully saturated rings. The number of thiophene rings is 1. The second-order valence-electron chi connectivity index (χ2n) is 9.83. The molecule has 0 aromatic carbocycles. The fraction of sp³-hybridized carbons (Fsp3) is 0.480. The zero-order valence-corrected chi connectivity index (χ0v) is 21.6. The summed E-state index contributed by atoms with van der Waals surface area (Å²) in [4.78, 5) is 49.1. The second kappa shape index (κ2) is 8.85. The predicted octanol–water partition coefficient (Wildman–Crippen LogP) is 3.95. The molecule has 36 heavy (non-hydrogen) atoms. The number of halogens is 1. The van der Waals surface area contributed by atoms with E-state index >= 15 is 0 Å². The van der Waals surface area contributed by atoms with Crippen molar-refractivity contribution in [3.8, 4) is 0 Å². The molecule has 3 aromatic heterocycles. The third-order valence-electron chi connectivity index (χ3n) is 7.63. The largest absolute Gasteiger partial charge is 0.343 e. The van der Waals surface area contributed by atoms with Gasteiger partial charge < -0.3 is 15.5 Å². The van der Waals surface area contributed by atoms with Crippen molar-refractivity contribution in [1.29, 1.82) is 0 Å². The molecule has 4 aliphatic rings. The van der Waals surface area contributed by atoms with Crippen LogP contribution in [0.15, 0.2) is 17.2 Å². The number of aromatic nitrogens is 3. The molecular weight excluding hydrogens is 500 g/mol. The minimum atomic E-state index is -0.632. The van der Waals surface area contributed by atoms with Gasteiger partial charge >= 0.3 is 0 Å². The van der Waals surface area contributed by atoms with Crippen LogP contribution >= 0.6 is 22.9 Å². The molecule has 2 aliphatic carbocycles. The molecule has 2 aliphatic heterocycles. The molecule has 1 spiro atoms. The maximum Gasteiger partial charge on any atom is 0.276 e. The molecule has 7 rings (SSSR count). The number of carbonyl (C=O) groups excluding carboxylic acids is 2. The lowest BCUT2D eigenvalue weighted by Crippen LogP contribution is -2.52. The molecule has 5 heterocycles. The highest BCUT2D eigenvalue weighted by Crippen LogP contribution is 2.42. The third-order valence-corrected chi connectivity index (χ3v) is 9.12. The summed E-state index contributed by atoms with van der Waals surface area (Å²) in [7, 11) is 0. The van der Waals surface area contributed by atoms with Crippen molar-refractivity contribution in [2.45, 2.75) is 64.0 Å². The number of amides is 2. The van der Waals surface area contributed by atoms with E-state index in [0.29, 0.717) is 11.5 Å². The monoisotopic (exact) mass is 526 g/mol. The van der Waals surface area contributed by atoms with E-state index in [2.05, 4.69) is 20.6 Å². The number of hydrogen-bond acceptors (Lipinski definition) is 7. The zero-order valence-electron chi connectivity index (χ0n) is 20.0. The first-order valence-electron chi connectivity index (χ1n) is 12.4. The van der Waals surface area contributed by atoms with E-state index in [1.807, 2.05) is 4.90 Å². The van der Waals surface area contributed by atoms with Gasteiger partial charge in [-0.3, -0.25) is 19.0 Å². The van der Waals surface area contributed by atoms with Crippen molar-refractivity contribution in [3.05, 3.63) is 43.9 Å². The minimum absolute atomic E-state index is 0.214. The first-order valence-corrected chi connectivity index (χ1v) is 13.6. The summed E-state index contributed by atoms with van der Waals surface area (Å²) in [6.07, 6.45) is 9.58. The normalized spacial score (nSPS) is 18.9. The van der Waals surface area contributed by atoms with Crippen LogP contribution in [0.1, 0.15) is 66.4 Å². The van der Waals surface area contributed by atoms with E-state index in [-0.39, 0.29) is 28.1 Å². The van der Waals surface area contributed by atoms with Crippen molar-refractivity contribution in [1.82, 2.24) is 24.8 Å². The number of carbonyl (C=O) groups is 2. The molecule has 0 unspecified atom stereocenters. The molecule has 1 saturated carbocycles. The summed E-state index contributed by atoms with van der Waals surface area (Å²) >= 11 is 8.15. The minimum Gasteiger partial charge on any atom is -0.343 e. The number of hydrogen-bond donors (Lipinski definition) is 2. The summed E-state index contributed by atoms with van der Waals surface area (Å²) in [5.74, 6) is 0.559. The van der Waals surface area contributed by atoms with Gasteiger partial charge in [-0.1, -0.05) is 11.6 Å². The first kappa shape index (κ1) is 23.4. The Bertz CT molecular complexity index is 1460. The highest BCUT2D eigenvalue weighted by Gasteiger charge is 2.49. The van der Waals surface area contributed by atoms with Gasteiger partial charge in [-0.2, -0.15) is 0 Å². The molecule has 0 bridgehead atoms. The number of anilines is 2. The van der Waals surface area contributed by atoms with Crippen LogP contribution in [0.25, 0.3) is 10.2 Å². The third kappa shape index (κ3) is 3.69. The fourth-order valence-corrected chi connectivity index (χ4v) is 6.93. The van der Waals surface area contributed by atoms with Crippen LogP contribution in [0.5, 0.6) is 0 Å². The molecule has 1 saturated heterocycles. The van der Waals surface area contributed by atoms with Crippen molar-refractivity contribution in [3.63, 3.8) is 0 Å². The van der Waals surface area contributed by atoms with Gasteiger partial charge in [-0.15, -0.1) is 11.3 Å². The Labute approximate surface area is 216 Å². The second-order valence-corrected chi connectivity index (χ2v) is 11.3. The lowest BCUT2D eigenvalue weighted by molar-refractivity contribution is -0.132. The Hall–Kier alpha value is -2.98. The van der Waals surface area contributed by atoms with Crippen LogP contribution in [0.3, 0.4) is 0 Å². The molecular formula is C25H27ClN6O3S. The topological polar surface area (TPSA) is 109 Å². The number of nitrogens with one attached hydrogen (secondary N) is 2. The van der Waals surface area contributed by atoms with Gasteiger partial charge in [0.1, 0.15) is 34.0 Å². The van der Waals surface area contributed by atoms with Crippen molar-refractivity contribution in [2.24, 2.45) is 0 Å². The molecule has 9 nitrogen and oxygen atoms in total. The molecule has 3 aromatic rings. The quantitative estimate of drug-likeness (QED) is 0.523. The zero-order chi connectivity index (χ0) is 25.0. The maximum absolute atomic E-state index is 13.3. The van der Waals surface area contributed by atoms with E-state index < -0.39 is 5.66 Å². The van der Waals surface area contributed by atoms with E-state index in [1.165, 1.54) is 29.6 Å². The maximum atomic E-state index is 13.3. The highest BCUT2D eigenvalue weighted by molar-refractivity contribution is 7.19. The number of pyridine rings is 1. The number of nitrogens with zero attached hydrogens (tertiary/aromatic N) is 4. The van der Waals surface area contributed by atoms with Gasteiger partial charge in [0.2, 0.25) is 5.91 Å². The van der Waals surface area contributed by atoms with Gasteiger partial charge in [-0.25, -0.2) is 9.97 Å². The predicted molar refractivity (Wildman–Crippen MR) is 139 cm³/mol. The number of likely N-dealkylation sites (tertiary alicyclic amines) is 1. The number of fused-ring (bicyclic) bond motifs is 5. The Balaban J connectivity index is 0.000000299. The van der Waals surface area contributed by atoms with E-state index in [9.17, 15) is 14.4 Å². The number of rotatable bonds is 2. The average Bonchev–Trinajstić information content (AvgIpc) is 3.32. The van der Waals surface area contributed by atoms with Crippen LogP contribution < -0.4 is 16.2 Å². The molecule has 188 valence electrons. The molecule has 0 atom stereocenters. The standard InChI is InChI=1S/C20H18ClN5O2S.C5H9NO/c21-11-8-12(19(28)26-15(11)17(27)25-20(26)6-3-7-20)24-16-14-10-4-1-2-5-13(10)29-18(14)23-9-22-16;1-5(7)6-3-2-4-6/h8-9H,1-7H2,(H,25,27)(H,22,23,24);2-4H2,1H3. The van der Waals surface area contributed by atoms with Gasteiger partial charge in [0.25, 0.3) is 11.5 Å². The smallest absolute Gasteiger partial charge is 0.276 e. The Morgan fingerprint density at radius 3 is 2.56 bits per heavy atom. The average molecular weight is 527 g/mol. The summed E-state index contributed by atoms with van der Waals surface area (Å²) < 4.78 is 1.55. The lowest BCUT2D eigenvalue weighted by Gasteiger charge is -2.39. The molecule has 0 radical (unpaired) electrons. The van der Waals surface area contributed by atoms with Crippen LogP contribution in [-0.2, 0) is 23.3 Å². The first-order chi connectivity index (χ1) is 17.4. The summed E-state index contributed by atoms with van der Waals surface area (Å²) in [5, 5.41) is 7.45. The summed E-state index contributed by atoms with van der Waals surface area (Å²) in [5.41, 5.74) is 0.991. The molecule has 2 N–H and O–H groups in total. The SMILES string of the molecule is CC(=O)N1CCC1.O=C1NC2(CCC2)n2c1c(Cl)cc(Nc1ncnc3sc4c(c13)CCCC4)c2=O. The Kier molecular flexibility index (Phi) is 5.75. The number of aryl methyl sites for hydroxylation is 2. The Morgan fingerprint density at radius 1 is 1.14 bits per heavy atom. The van der Waals surface area contributed by atoms with Gasteiger partial charge in [-0.05, 0) is 63.0 Å². The van der Waals surface area contributed by atoms with Crippen LogP contribution in [0.2, 0.25) is 5.02 Å². The van der Waals surface area contributed by atoms with E-state index in [4.69, 9.17) is 11.6 Å². The van der Waals surface area contributed by atoms with Gasteiger partial charge in [0.05, 0.1) is 10.4 Å². The summed E-state index contributed by atoms with van der Waals surface area (Å²) in [6.45, 7) is 3.57. The van der Waals surface area contributed by atoms with Crippen molar-refractivity contribution in [2.75, 3.05) is 18.4 Å². The lowest BCUT2D eigenvalue weighted by atomic mass is 9.85. The summed E-state index contributed by atoms with van der Waals surface area (Å²) in [6, 6.07) is 1.54. The van der Waals surface area contributed by atoms with Crippen molar-refractivity contribution < 1.29 is 9.59 Å². The molecule has 11 heteroatoms. The van der Waals surface area contributed by atoms with E-state index in [0.717, 1.165) is 61.8 Å². The van der Waals surface area contributed by atoms with Gasteiger partial charge in [0, 0.05) is 24.9 Å². The molecule has 2 amide bonds. The van der Waals surface area contributed by atoms with E-state index in [1.54, 1.807) is 28.9 Å². The highest BCUT2D eigenvalue weighted by atomic mass is 35.5. The van der Waals surface area contributed by atoms with Gasteiger partial charge in [0.15, 0.2) is 0 Å². The van der Waals surface area contributed by atoms with Crippen LogP contribution in [0, 0.1) is 0 Å².